The van der Waals surface area contributed by atoms with Crippen molar-refractivity contribution in [1.29, 1.82) is 5.26 Å². The van der Waals surface area contributed by atoms with Gasteiger partial charge in [0.15, 0.2) is 0 Å². The Hall–Kier alpha value is -2.42. The van der Waals surface area contributed by atoms with E-state index in [9.17, 15) is 10.1 Å². The van der Waals surface area contributed by atoms with Gasteiger partial charge in [0.1, 0.15) is 5.54 Å². The Morgan fingerprint density at radius 2 is 1.82 bits per heavy atom. The van der Waals surface area contributed by atoms with Gasteiger partial charge in [0.25, 0.3) is 0 Å². The summed E-state index contributed by atoms with van der Waals surface area (Å²) in [7, 11) is 0. The van der Waals surface area contributed by atoms with Crippen LogP contribution in [0.5, 0.6) is 0 Å². The van der Waals surface area contributed by atoms with Crippen LogP contribution in [0.2, 0.25) is 0 Å². The topological polar surface area (TPSA) is 79.6 Å². The van der Waals surface area contributed by atoms with Crippen LogP contribution < -0.4 is 10.2 Å². The number of hydrogen-bond acceptors (Lipinski definition) is 4. The maximum absolute atomic E-state index is 10.9. The molecular weight excluding hydrogens is 280 g/mol. The maximum Gasteiger partial charge on any atom is 0.407 e. The lowest BCUT2D eigenvalue weighted by Crippen LogP contribution is -2.48. The van der Waals surface area contributed by atoms with E-state index in [0.29, 0.717) is 26.2 Å². The van der Waals surface area contributed by atoms with Crippen molar-refractivity contribution in [3.8, 4) is 6.07 Å². The fourth-order valence-electron chi connectivity index (χ4n) is 2.98. The number of rotatable bonds is 3. The van der Waals surface area contributed by atoms with Gasteiger partial charge in [0, 0.05) is 37.6 Å². The van der Waals surface area contributed by atoms with Crippen LogP contribution in [0.25, 0.3) is 0 Å². The van der Waals surface area contributed by atoms with Crippen LogP contribution in [0.3, 0.4) is 0 Å². The van der Waals surface area contributed by atoms with E-state index >= 15 is 0 Å². The van der Waals surface area contributed by atoms with Crippen molar-refractivity contribution in [3.05, 3.63) is 24.3 Å². The van der Waals surface area contributed by atoms with Gasteiger partial charge < -0.3 is 20.2 Å². The normalized spacial score (nSPS) is 20.0. The minimum absolute atomic E-state index is 0.380. The number of hydrogen-bond donors (Lipinski definition) is 2. The number of nitrogens with one attached hydrogen (secondary N) is 1. The highest BCUT2D eigenvalue weighted by molar-refractivity contribution is 5.65. The average Bonchev–Trinajstić information content (AvgIpc) is 2.52. The number of benzene rings is 1. The van der Waals surface area contributed by atoms with Gasteiger partial charge in [0.05, 0.1) is 6.07 Å². The number of piperazine rings is 1. The van der Waals surface area contributed by atoms with E-state index in [1.165, 1.54) is 4.90 Å². The monoisotopic (exact) mass is 300 g/mol. The standard InChI is InChI=1S/C16H20N4O2/c17-12-16(6-1-7-16)18-13-2-4-14(5-3-13)19-8-10-20(11-9-19)15(21)22/h2-5,18H,1,6-11H2,(H,21,22). The molecule has 1 aliphatic carbocycles. The van der Waals surface area contributed by atoms with E-state index in [2.05, 4.69) is 16.3 Å². The summed E-state index contributed by atoms with van der Waals surface area (Å²) in [5.41, 5.74) is 1.68. The molecule has 1 saturated heterocycles. The van der Waals surface area contributed by atoms with Crippen LogP contribution in [0, 0.1) is 11.3 Å². The van der Waals surface area contributed by atoms with E-state index in [4.69, 9.17) is 5.11 Å². The van der Waals surface area contributed by atoms with Gasteiger partial charge in [-0.2, -0.15) is 5.26 Å². The van der Waals surface area contributed by atoms with Crippen LogP contribution >= 0.6 is 0 Å². The molecule has 1 heterocycles. The molecule has 1 aromatic rings. The Morgan fingerprint density at radius 3 is 2.27 bits per heavy atom. The summed E-state index contributed by atoms with van der Waals surface area (Å²) in [5.74, 6) is 0. The Morgan fingerprint density at radius 1 is 1.18 bits per heavy atom. The van der Waals surface area contributed by atoms with Crippen molar-refractivity contribution < 1.29 is 9.90 Å². The Kier molecular flexibility index (Phi) is 3.80. The largest absolute Gasteiger partial charge is 0.465 e. The highest BCUT2D eigenvalue weighted by Crippen LogP contribution is 2.35. The van der Waals surface area contributed by atoms with Gasteiger partial charge in [0.2, 0.25) is 0 Å². The molecule has 1 aromatic carbocycles. The quantitative estimate of drug-likeness (QED) is 0.895. The summed E-state index contributed by atoms with van der Waals surface area (Å²) >= 11 is 0. The molecule has 0 aromatic heterocycles. The summed E-state index contributed by atoms with van der Waals surface area (Å²) in [6, 6.07) is 10.4. The third-order valence-corrected chi connectivity index (χ3v) is 4.59. The van der Waals surface area contributed by atoms with Crippen LogP contribution in [-0.2, 0) is 0 Å². The van der Waals surface area contributed by atoms with Crippen LogP contribution in [0.15, 0.2) is 24.3 Å². The lowest BCUT2D eigenvalue weighted by Gasteiger charge is -2.37. The van der Waals surface area contributed by atoms with Gasteiger partial charge in [-0.15, -0.1) is 0 Å². The second-order valence-electron chi connectivity index (χ2n) is 5.98. The van der Waals surface area contributed by atoms with E-state index in [1.807, 2.05) is 24.3 Å². The molecule has 0 radical (unpaired) electrons. The molecule has 22 heavy (non-hydrogen) atoms. The summed E-state index contributed by atoms with van der Waals surface area (Å²) < 4.78 is 0. The molecule has 1 aliphatic heterocycles. The second-order valence-corrected chi connectivity index (χ2v) is 5.98. The molecule has 0 atom stereocenters. The zero-order valence-corrected chi connectivity index (χ0v) is 12.5. The number of nitrogens with zero attached hydrogens (tertiary/aromatic N) is 3. The second kappa shape index (κ2) is 5.76. The molecule has 0 spiro atoms. The van der Waals surface area contributed by atoms with Gasteiger partial charge in [-0.05, 0) is 43.5 Å². The van der Waals surface area contributed by atoms with E-state index in [-0.39, 0.29) is 5.54 Å². The highest BCUT2D eigenvalue weighted by atomic mass is 16.4. The first-order chi connectivity index (χ1) is 10.6. The van der Waals surface area contributed by atoms with E-state index in [1.54, 1.807) is 0 Å². The number of anilines is 2. The first-order valence-electron chi connectivity index (χ1n) is 7.64. The number of amides is 1. The molecule has 6 heteroatoms. The van der Waals surface area contributed by atoms with Crippen LogP contribution in [-0.4, -0.2) is 47.8 Å². The predicted molar refractivity (Wildman–Crippen MR) is 84.1 cm³/mol. The molecule has 116 valence electrons. The minimum Gasteiger partial charge on any atom is -0.465 e. The Labute approximate surface area is 129 Å². The molecule has 1 amide bonds. The van der Waals surface area contributed by atoms with Crippen LogP contribution in [0.1, 0.15) is 19.3 Å². The first kappa shape index (κ1) is 14.5. The van der Waals surface area contributed by atoms with Crippen molar-refractivity contribution in [2.45, 2.75) is 24.8 Å². The molecule has 2 fully saturated rings. The lowest BCUT2D eigenvalue weighted by molar-refractivity contribution is 0.142. The number of nitriles is 1. The Bertz CT molecular complexity index is 581. The van der Waals surface area contributed by atoms with Crippen molar-refractivity contribution in [1.82, 2.24) is 4.90 Å². The smallest absolute Gasteiger partial charge is 0.407 e. The van der Waals surface area contributed by atoms with Gasteiger partial charge >= 0.3 is 6.09 Å². The van der Waals surface area contributed by atoms with Crippen molar-refractivity contribution >= 4 is 17.5 Å². The SMILES string of the molecule is N#CC1(Nc2ccc(N3CCN(C(=O)O)CC3)cc2)CCC1. The molecule has 6 nitrogen and oxygen atoms in total. The first-order valence-corrected chi connectivity index (χ1v) is 7.64. The van der Waals surface area contributed by atoms with Crippen molar-refractivity contribution in [2.24, 2.45) is 0 Å². The lowest BCUT2D eigenvalue weighted by atomic mass is 9.78. The molecule has 0 unspecified atom stereocenters. The fraction of sp³-hybridized carbons (Fsp3) is 0.500. The number of carbonyl (C=O) groups is 1. The van der Waals surface area contributed by atoms with Crippen molar-refractivity contribution in [2.75, 3.05) is 36.4 Å². The van der Waals surface area contributed by atoms with Crippen molar-refractivity contribution in [3.63, 3.8) is 0 Å². The van der Waals surface area contributed by atoms with E-state index in [0.717, 1.165) is 30.6 Å². The zero-order valence-electron chi connectivity index (χ0n) is 12.5. The molecule has 2 aliphatic rings. The van der Waals surface area contributed by atoms with Gasteiger partial charge in [-0.25, -0.2) is 4.79 Å². The summed E-state index contributed by atoms with van der Waals surface area (Å²) in [5, 5.41) is 21.5. The van der Waals surface area contributed by atoms with Gasteiger partial charge in [-0.3, -0.25) is 0 Å². The third kappa shape index (κ3) is 2.80. The highest BCUT2D eigenvalue weighted by Gasteiger charge is 2.36. The summed E-state index contributed by atoms with van der Waals surface area (Å²) in [4.78, 5) is 14.5. The summed E-state index contributed by atoms with van der Waals surface area (Å²) in [6.45, 7) is 2.49. The average molecular weight is 300 g/mol. The molecular formula is C16H20N4O2. The molecule has 1 saturated carbocycles. The van der Waals surface area contributed by atoms with E-state index < -0.39 is 6.09 Å². The summed E-state index contributed by atoms with van der Waals surface area (Å²) in [6.07, 6.45) is 2.07. The fourth-order valence-corrected chi connectivity index (χ4v) is 2.98. The Balaban J connectivity index is 1.60. The third-order valence-electron chi connectivity index (χ3n) is 4.59. The minimum atomic E-state index is -0.846. The predicted octanol–water partition coefficient (Wildman–Crippen LogP) is 2.34. The molecule has 3 rings (SSSR count). The van der Waals surface area contributed by atoms with Gasteiger partial charge in [-0.1, -0.05) is 0 Å². The maximum atomic E-state index is 10.9. The zero-order chi connectivity index (χ0) is 15.6. The van der Waals surface area contributed by atoms with Crippen LogP contribution in [0.4, 0.5) is 16.2 Å². The molecule has 0 bridgehead atoms. The number of carboxylic acid groups (broad SMARTS) is 1. The molecule has 2 N–H and O–H groups in total.